The van der Waals surface area contributed by atoms with Gasteiger partial charge in [-0.1, -0.05) is 55.5 Å². The molecule has 0 bridgehead atoms. The summed E-state index contributed by atoms with van der Waals surface area (Å²) >= 11 is 0. The first-order valence-electron chi connectivity index (χ1n) is 11.7. The van der Waals surface area contributed by atoms with E-state index in [2.05, 4.69) is 54.1 Å². The Morgan fingerprint density at radius 2 is 2.00 bits per heavy atom. The number of hydrogen-bond donors (Lipinski definition) is 1. The zero-order valence-corrected chi connectivity index (χ0v) is 20.7. The van der Waals surface area contributed by atoms with E-state index < -0.39 is 0 Å². The number of H-pyrrole nitrogens is 1. The summed E-state index contributed by atoms with van der Waals surface area (Å²) in [6, 6.07) is 4.17. The van der Waals surface area contributed by atoms with Crippen molar-refractivity contribution in [2.45, 2.75) is 46.5 Å². The summed E-state index contributed by atoms with van der Waals surface area (Å²) in [6.07, 6.45) is 21.3. The van der Waals surface area contributed by atoms with Crippen LogP contribution in [0.2, 0.25) is 0 Å². The first-order valence-corrected chi connectivity index (χ1v) is 11.7. The molecule has 0 aliphatic heterocycles. The summed E-state index contributed by atoms with van der Waals surface area (Å²) in [7, 11) is 3.76. The maximum atomic E-state index is 12.3. The molecule has 0 radical (unpaired) electrons. The lowest BCUT2D eigenvalue weighted by Gasteiger charge is -2.17. The predicted molar refractivity (Wildman–Crippen MR) is 140 cm³/mol. The smallest absolute Gasteiger partial charge is 0.157 e. The molecule has 0 saturated heterocycles. The maximum absolute atomic E-state index is 12.3. The van der Waals surface area contributed by atoms with Crippen molar-refractivity contribution >= 4 is 17.4 Å². The highest BCUT2D eigenvalue weighted by Crippen LogP contribution is 2.32. The molecule has 4 heteroatoms. The summed E-state index contributed by atoms with van der Waals surface area (Å²) in [5.74, 6) is 1.17. The molecule has 0 spiro atoms. The van der Waals surface area contributed by atoms with Gasteiger partial charge in [-0.3, -0.25) is 4.79 Å². The van der Waals surface area contributed by atoms with E-state index in [1.807, 2.05) is 53.1 Å². The number of hydrogen-bond acceptors (Lipinski definition) is 3. The van der Waals surface area contributed by atoms with Gasteiger partial charge in [0.25, 0.3) is 0 Å². The van der Waals surface area contributed by atoms with Crippen LogP contribution in [-0.2, 0) is 9.63 Å². The number of carbonyl (C=O) groups excluding carboxylic acids is 1. The molecule has 1 aromatic rings. The zero-order chi connectivity index (χ0) is 24.2. The Kier molecular flexibility index (Phi) is 10.6. The van der Waals surface area contributed by atoms with E-state index in [1.54, 1.807) is 11.1 Å². The predicted octanol–water partition coefficient (Wildman–Crippen LogP) is 7.20. The van der Waals surface area contributed by atoms with Crippen molar-refractivity contribution in [3.63, 3.8) is 0 Å². The van der Waals surface area contributed by atoms with Crippen molar-refractivity contribution in [2.24, 2.45) is 5.92 Å². The molecule has 176 valence electrons. The lowest BCUT2D eigenvalue weighted by atomic mass is 9.95. The quantitative estimate of drug-likeness (QED) is 0.198. The Hall–Kier alpha value is -3.11. The lowest BCUT2D eigenvalue weighted by Crippen LogP contribution is -2.14. The minimum absolute atomic E-state index is 0.0273. The average Bonchev–Trinajstić information content (AvgIpc) is 3.40. The third-order valence-corrected chi connectivity index (χ3v) is 5.43. The van der Waals surface area contributed by atoms with E-state index in [0.717, 1.165) is 53.1 Å². The van der Waals surface area contributed by atoms with Crippen molar-refractivity contribution in [3.05, 3.63) is 95.6 Å². The molecule has 1 N–H and O–H groups in total. The van der Waals surface area contributed by atoms with Gasteiger partial charge in [-0.25, -0.2) is 0 Å². The number of carbonyl (C=O) groups is 1. The number of allylic oxidation sites excluding steroid dienone is 10. The monoisotopic (exact) mass is 446 g/mol. The van der Waals surface area contributed by atoms with E-state index in [9.17, 15) is 4.79 Å². The van der Waals surface area contributed by atoms with E-state index in [-0.39, 0.29) is 5.92 Å². The van der Waals surface area contributed by atoms with Crippen LogP contribution in [0.25, 0.3) is 11.6 Å². The summed E-state index contributed by atoms with van der Waals surface area (Å²) < 4.78 is 0. The highest BCUT2D eigenvalue weighted by Gasteiger charge is 2.20. The Morgan fingerprint density at radius 3 is 2.67 bits per heavy atom. The van der Waals surface area contributed by atoms with Gasteiger partial charge in [-0.2, -0.15) is 5.06 Å². The molecule has 2 rings (SSSR count). The molecular weight excluding hydrogens is 408 g/mol. The summed E-state index contributed by atoms with van der Waals surface area (Å²) in [6.45, 7) is 9.74. The van der Waals surface area contributed by atoms with Crippen LogP contribution in [0.4, 0.5) is 0 Å². The second-order valence-corrected chi connectivity index (χ2v) is 8.40. The van der Waals surface area contributed by atoms with Crippen LogP contribution >= 0.6 is 0 Å². The first-order chi connectivity index (χ1) is 15.9. The van der Waals surface area contributed by atoms with Gasteiger partial charge in [-0.15, -0.1) is 6.58 Å². The van der Waals surface area contributed by atoms with E-state index in [1.165, 1.54) is 0 Å². The zero-order valence-electron chi connectivity index (χ0n) is 20.7. The van der Waals surface area contributed by atoms with Gasteiger partial charge in [0.15, 0.2) is 5.76 Å². The molecule has 1 aromatic heterocycles. The number of hydroxylamine groups is 2. The van der Waals surface area contributed by atoms with Crippen LogP contribution in [0.5, 0.6) is 0 Å². The van der Waals surface area contributed by atoms with Crippen LogP contribution in [0.3, 0.4) is 0 Å². The van der Waals surface area contributed by atoms with Crippen LogP contribution in [-0.4, -0.2) is 29.9 Å². The second kappa shape index (κ2) is 13.4. The highest BCUT2D eigenvalue weighted by atomic mass is 16.7. The van der Waals surface area contributed by atoms with Gasteiger partial charge < -0.3 is 9.82 Å². The van der Waals surface area contributed by atoms with Gasteiger partial charge in [-0.05, 0) is 62.5 Å². The number of aromatic amines is 1. The van der Waals surface area contributed by atoms with Crippen LogP contribution in [0.15, 0.2) is 84.2 Å². The lowest BCUT2D eigenvalue weighted by molar-refractivity contribution is -0.122. The molecule has 0 fully saturated rings. The molecule has 1 unspecified atom stereocenters. The Bertz CT molecular complexity index is 997. The van der Waals surface area contributed by atoms with Crippen molar-refractivity contribution in [1.82, 2.24) is 10.0 Å². The van der Waals surface area contributed by atoms with E-state index in [0.29, 0.717) is 12.2 Å². The normalized spacial score (nSPS) is 16.7. The molecular formula is C29H38N2O2. The molecule has 4 nitrogen and oxygen atoms in total. The Morgan fingerprint density at radius 1 is 1.21 bits per heavy atom. The Balaban J connectivity index is 2.23. The van der Waals surface area contributed by atoms with Gasteiger partial charge >= 0.3 is 0 Å². The summed E-state index contributed by atoms with van der Waals surface area (Å²) in [5.41, 5.74) is 5.33. The van der Waals surface area contributed by atoms with Gasteiger partial charge in [0.2, 0.25) is 0 Å². The molecule has 1 atom stereocenters. The third kappa shape index (κ3) is 8.07. The number of ketones is 1. The molecule has 33 heavy (non-hydrogen) atoms. The molecule has 1 aliphatic rings. The number of nitrogens with one attached hydrogen (secondary N) is 1. The first kappa shape index (κ1) is 26.1. The molecule has 0 amide bonds. The fourth-order valence-corrected chi connectivity index (χ4v) is 3.60. The number of rotatable bonds is 13. The third-order valence-electron chi connectivity index (χ3n) is 5.43. The van der Waals surface area contributed by atoms with E-state index in [4.69, 9.17) is 4.84 Å². The number of nitrogens with zero attached hydrogens (tertiary/aromatic N) is 1. The minimum Gasteiger partial charge on any atom is -0.406 e. The van der Waals surface area contributed by atoms with Crippen molar-refractivity contribution < 1.29 is 9.63 Å². The Labute approximate surface area is 199 Å². The number of Topliss-reactive ketones (excluding diaryl/α,β-unsaturated/α-hetero) is 1. The maximum Gasteiger partial charge on any atom is 0.157 e. The van der Waals surface area contributed by atoms with E-state index >= 15 is 0 Å². The topological polar surface area (TPSA) is 45.3 Å². The second-order valence-electron chi connectivity index (χ2n) is 8.40. The van der Waals surface area contributed by atoms with Crippen LogP contribution in [0, 0.1) is 5.92 Å². The van der Waals surface area contributed by atoms with Crippen molar-refractivity contribution in [2.75, 3.05) is 14.1 Å². The standard InChI is InChI=1S/C29H38N2O2/c1-7-10-13-23(12-9-3)27-20-19-26(30-27)21-25-18-17-24(29(25)33-31(5)6)16-15-22(4)28(32)14-11-8-2/h7-10,12-13,17-22,30H,2,11,14-16H2,1,3-6H3/b10-7-,12-9-,23-13+,25-21-. The van der Waals surface area contributed by atoms with Crippen LogP contribution in [0.1, 0.15) is 57.8 Å². The molecule has 1 aliphatic carbocycles. The summed E-state index contributed by atoms with van der Waals surface area (Å²) in [5, 5.41) is 1.71. The van der Waals surface area contributed by atoms with Gasteiger partial charge in [0.05, 0.1) is 0 Å². The summed E-state index contributed by atoms with van der Waals surface area (Å²) in [4.78, 5) is 21.8. The largest absolute Gasteiger partial charge is 0.406 e. The van der Waals surface area contributed by atoms with Crippen LogP contribution < -0.4 is 0 Å². The number of aromatic nitrogens is 1. The molecule has 1 heterocycles. The SMILES string of the molecule is C=CCCC(=O)C(C)CCC1=C(ON(C)C)/C(=C\c2ccc(C(/C=C\C)=C/C=C\C)[nH]2)C=C1. The fraction of sp³-hybridized carbons (Fsp3) is 0.345. The van der Waals surface area contributed by atoms with Gasteiger partial charge in [0, 0.05) is 43.4 Å². The molecule has 0 saturated carbocycles. The van der Waals surface area contributed by atoms with Crippen molar-refractivity contribution in [1.29, 1.82) is 0 Å². The average molecular weight is 447 g/mol. The molecule has 0 aromatic carbocycles. The highest BCUT2D eigenvalue weighted by molar-refractivity contribution is 5.80. The fourth-order valence-electron chi connectivity index (χ4n) is 3.60. The van der Waals surface area contributed by atoms with Crippen molar-refractivity contribution in [3.8, 4) is 0 Å². The van der Waals surface area contributed by atoms with Gasteiger partial charge in [0.1, 0.15) is 5.78 Å². The minimum atomic E-state index is 0.0273.